The number of aryl methyl sites for hydroxylation is 1. The third-order valence-electron chi connectivity index (χ3n) is 2.81. The highest BCUT2D eigenvalue weighted by Gasteiger charge is 2.12. The summed E-state index contributed by atoms with van der Waals surface area (Å²) in [6.07, 6.45) is 0.727. The lowest BCUT2D eigenvalue weighted by molar-refractivity contribution is 0.597. The van der Waals surface area contributed by atoms with Crippen LogP contribution in [0.15, 0.2) is 23.1 Å². The molecule has 6 heteroatoms. The third-order valence-corrected chi connectivity index (χ3v) is 4.85. The maximum Gasteiger partial charge on any atom is 0.178 e. The molecule has 0 bridgehead atoms. The maximum atomic E-state index is 11.8. The van der Waals surface area contributed by atoms with Crippen LogP contribution in [0.5, 0.6) is 0 Å². The van der Waals surface area contributed by atoms with Crippen molar-refractivity contribution in [3.8, 4) is 0 Å². The highest BCUT2D eigenvalue weighted by atomic mass is 32.2. The Labute approximate surface area is 111 Å². The van der Waals surface area contributed by atoms with Crippen LogP contribution in [-0.2, 0) is 16.3 Å². The fourth-order valence-electron chi connectivity index (χ4n) is 1.71. The van der Waals surface area contributed by atoms with Gasteiger partial charge in [0.2, 0.25) is 0 Å². The van der Waals surface area contributed by atoms with Gasteiger partial charge < -0.3 is 4.98 Å². The first-order chi connectivity index (χ1) is 8.47. The maximum absolute atomic E-state index is 11.8. The summed E-state index contributed by atoms with van der Waals surface area (Å²) in [5.74, 6) is 0.851. The van der Waals surface area contributed by atoms with Crippen LogP contribution in [0, 0.1) is 4.64 Å². The Balaban J connectivity index is 2.76. The highest BCUT2D eigenvalue weighted by Crippen LogP contribution is 2.19. The number of hydrogen-bond donors (Lipinski definition) is 1. The Morgan fingerprint density at radius 2 is 2.06 bits per heavy atom. The number of aromatic amines is 1. The zero-order valence-corrected chi connectivity index (χ0v) is 11.9. The number of rotatable bonds is 3. The van der Waals surface area contributed by atoms with Crippen LogP contribution in [0.4, 0.5) is 0 Å². The normalized spacial score (nSPS) is 11.9. The van der Waals surface area contributed by atoms with E-state index in [-0.39, 0.29) is 5.75 Å². The van der Waals surface area contributed by atoms with Gasteiger partial charge >= 0.3 is 0 Å². The first-order valence-corrected chi connectivity index (χ1v) is 7.79. The minimum absolute atomic E-state index is 0.0883. The molecule has 0 radical (unpaired) electrons. The molecule has 0 aliphatic carbocycles. The largest absolute Gasteiger partial charge is 0.343 e. The molecular weight excluding hydrogens is 268 g/mol. The zero-order chi connectivity index (χ0) is 13.3. The third kappa shape index (κ3) is 2.30. The lowest BCUT2D eigenvalue weighted by Crippen LogP contribution is -2.04. The predicted molar refractivity (Wildman–Crippen MR) is 74.0 cm³/mol. The molecule has 0 fully saturated rings. The topological polar surface area (TPSA) is 62.8 Å². The van der Waals surface area contributed by atoms with Crippen LogP contribution in [0.2, 0.25) is 0 Å². The standard InChI is InChI=1S/C12H14N2O2S2/c1-3-11-13-10-7-8(18(15,16)4-2)5-6-9(10)12(17)14-11/h5-7H,3-4H2,1-2H3,(H,13,14,17). The van der Waals surface area contributed by atoms with E-state index in [4.69, 9.17) is 12.2 Å². The Morgan fingerprint density at radius 3 is 2.67 bits per heavy atom. The number of aromatic nitrogens is 2. The summed E-state index contributed by atoms with van der Waals surface area (Å²) in [6.45, 7) is 3.60. The molecule has 1 N–H and O–H groups in total. The molecular formula is C12H14N2O2S2. The Hall–Kier alpha value is -1.27. The molecule has 1 aromatic heterocycles. The van der Waals surface area contributed by atoms with Crippen LogP contribution in [0.25, 0.3) is 10.9 Å². The van der Waals surface area contributed by atoms with Crippen LogP contribution >= 0.6 is 12.2 Å². The van der Waals surface area contributed by atoms with Gasteiger partial charge in [-0.3, -0.25) is 0 Å². The fourth-order valence-corrected chi connectivity index (χ4v) is 2.90. The zero-order valence-electron chi connectivity index (χ0n) is 10.2. The van der Waals surface area contributed by atoms with Crippen LogP contribution in [0.3, 0.4) is 0 Å². The smallest absolute Gasteiger partial charge is 0.178 e. The molecule has 0 atom stereocenters. The molecule has 0 aliphatic heterocycles. The Kier molecular flexibility index (Phi) is 3.49. The van der Waals surface area contributed by atoms with Crippen molar-refractivity contribution in [2.45, 2.75) is 25.2 Å². The Morgan fingerprint density at radius 1 is 1.33 bits per heavy atom. The van der Waals surface area contributed by atoms with Crippen molar-refractivity contribution in [3.63, 3.8) is 0 Å². The molecule has 1 heterocycles. The van der Waals surface area contributed by atoms with Crippen molar-refractivity contribution < 1.29 is 8.42 Å². The number of benzene rings is 1. The van der Waals surface area contributed by atoms with Gasteiger partial charge in [0.15, 0.2) is 9.84 Å². The van der Waals surface area contributed by atoms with E-state index in [2.05, 4.69) is 9.97 Å². The number of nitrogens with zero attached hydrogens (tertiary/aromatic N) is 1. The van der Waals surface area contributed by atoms with Crippen molar-refractivity contribution in [2.24, 2.45) is 0 Å². The van der Waals surface area contributed by atoms with Crippen molar-refractivity contribution >= 4 is 33.0 Å². The molecule has 0 unspecified atom stereocenters. The van der Waals surface area contributed by atoms with Gasteiger partial charge in [0.05, 0.1) is 16.2 Å². The molecule has 18 heavy (non-hydrogen) atoms. The van der Waals surface area contributed by atoms with E-state index in [9.17, 15) is 8.42 Å². The summed E-state index contributed by atoms with van der Waals surface area (Å²) >= 11 is 5.19. The summed E-state index contributed by atoms with van der Waals surface area (Å²) in [7, 11) is -3.20. The number of nitrogens with one attached hydrogen (secondary N) is 1. The molecule has 0 saturated heterocycles. The average Bonchev–Trinajstić information content (AvgIpc) is 2.37. The van der Waals surface area contributed by atoms with Gasteiger partial charge in [-0.25, -0.2) is 13.4 Å². The first-order valence-electron chi connectivity index (χ1n) is 5.73. The average molecular weight is 282 g/mol. The lowest BCUT2D eigenvalue weighted by Gasteiger charge is -2.05. The number of hydrogen-bond acceptors (Lipinski definition) is 4. The van der Waals surface area contributed by atoms with Crippen LogP contribution in [0.1, 0.15) is 19.7 Å². The quantitative estimate of drug-likeness (QED) is 0.879. The van der Waals surface area contributed by atoms with Gasteiger partial charge in [-0.15, -0.1) is 0 Å². The predicted octanol–water partition coefficient (Wildman–Crippen LogP) is 2.65. The van der Waals surface area contributed by atoms with Crippen LogP contribution in [-0.4, -0.2) is 24.1 Å². The summed E-state index contributed by atoms with van der Waals surface area (Å²) in [5, 5.41) is 0.775. The van der Waals surface area contributed by atoms with E-state index in [0.717, 1.165) is 23.1 Å². The second kappa shape index (κ2) is 4.78. The Bertz CT molecular complexity index is 748. The minimum Gasteiger partial charge on any atom is -0.343 e. The second-order valence-electron chi connectivity index (χ2n) is 3.95. The number of fused-ring (bicyclic) bond motifs is 1. The van der Waals surface area contributed by atoms with E-state index in [1.54, 1.807) is 25.1 Å². The molecule has 0 saturated carbocycles. The van der Waals surface area contributed by atoms with Crippen molar-refractivity contribution in [1.29, 1.82) is 0 Å². The van der Waals surface area contributed by atoms with Gasteiger partial charge in [0, 0.05) is 11.8 Å². The number of H-pyrrole nitrogens is 1. The molecule has 2 aromatic rings. The minimum atomic E-state index is -3.20. The summed E-state index contributed by atoms with van der Waals surface area (Å²) in [4.78, 5) is 7.67. The molecule has 0 amide bonds. The van der Waals surface area contributed by atoms with Gasteiger partial charge in [-0.05, 0) is 18.2 Å². The van der Waals surface area contributed by atoms with Crippen molar-refractivity contribution in [3.05, 3.63) is 28.7 Å². The molecule has 96 valence electrons. The summed E-state index contributed by atoms with van der Waals surface area (Å²) in [6, 6.07) is 4.92. The van der Waals surface area contributed by atoms with E-state index in [1.165, 1.54) is 0 Å². The fraction of sp³-hybridized carbons (Fsp3) is 0.333. The van der Waals surface area contributed by atoms with Crippen molar-refractivity contribution in [1.82, 2.24) is 9.97 Å². The molecule has 4 nitrogen and oxygen atoms in total. The van der Waals surface area contributed by atoms with E-state index in [1.807, 2.05) is 6.92 Å². The van der Waals surface area contributed by atoms with Gasteiger partial charge in [0.1, 0.15) is 10.5 Å². The lowest BCUT2D eigenvalue weighted by atomic mass is 10.2. The van der Waals surface area contributed by atoms with Gasteiger partial charge in [-0.1, -0.05) is 26.1 Å². The monoisotopic (exact) mass is 282 g/mol. The molecule has 0 aliphatic rings. The van der Waals surface area contributed by atoms with Gasteiger partial charge in [0.25, 0.3) is 0 Å². The number of sulfone groups is 1. The molecule has 1 aromatic carbocycles. The van der Waals surface area contributed by atoms with E-state index >= 15 is 0 Å². The summed E-state index contributed by atoms with van der Waals surface area (Å²) in [5.41, 5.74) is 0.723. The second-order valence-corrected chi connectivity index (χ2v) is 6.62. The van der Waals surface area contributed by atoms with Crippen LogP contribution < -0.4 is 0 Å². The first kappa shape index (κ1) is 13.2. The van der Waals surface area contributed by atoms with Crippen molar-refractivity contribution in [2.75, 3.05) is 5.75 Å². The summed E-state index contributed by atoms with van der Waals surface area (Å²) < 4.78 is 24.2. The highest BCUT2D eigenvalue weighted by molar-refractivity contribution is 7.91. The van der Waals surface area contributed by atoms with E-state index in [0.29, 0.717) is 9.54 Å². The van der Waals surface area contributed by atoms with E-state index < -0.39 is 9.84 Å². The van der Waals surface area contributed by atoms with Gasteiger partial charge in [-0.2, -0.15) is 0 Å². The molecule has 2 rings (SSSR count). The molecule has 0 spiro atoms. The SMILES string of the molecule is CCc1nc(=S)c2ccc(S(=O)(=O)CC)cc2[nH]1.